The largest absolute Gasteiger partial charge is 0.444 e. The number of anilines is 1. The van der Waals surface area contributed by atoms with Gasteiger partial charge in [-0.15, -0.1) is 10.2 Å². The Balaban J connectivity index is 1.51. The van der Waals surface area contributed by atoms with Crippen molar-refractivity contribution < 1.29 is 28.2 Å². The normalized spacial score (nSPS) is 11.1. The van der Waals surface area contributed by atoms with Crippen molar-refractivity contribution in [2.45, 2.75) is 59.0 Å². The summed E-state index contributed by atoms with van der Waals surface area (Å²) in [6.45, 7) is 7.19. The number of amides is 1. The maximum atomic E-state index is 14.6. The van der Waals surface area contributed by atoms with E-state index in [9.17, 15) is 14.0 Å². The van der Waals surface area contributed by atoms with Crippen molar-refractivity contribution in [3.63, 3.8) is 0 Å². The molecule has 0 atom stereocenters. The smallest absolute Gasteiger partial charge is 0.413 e. The number of halogens is 1. The van der Waals surface area contributed by atoms with Crippen LogP contribution in [0.25, 0.3) is 22.6 Å². The Morgan fingerprint density at radius 2 is 1.80 bits per heavy atom. The van der Waals surface area contributed by atoms with Crippen molar-refractivity contribution >= 4 is 17.9 Å². The Hall–Kier alpha value is -5.01. The van der Waals surface area contributed by atoms with E-state index >= 15 is 0 Å². The maximum absolute atomic E-state index is 14.6. The molecule has 14 heteroatoms. The Bertz CT molecular complexity index is 1490. The lowest BCUT2D eigenvalue weighted by Crippen LogP contribution is -2.28. The van der Waals surface area contributed by atoms with Crippen LogP contribution in [0.2, 0.25) is 0 Å². The molecular formula is C27H29FN8O5. The van der Waals surface area contributed by atoms with Crippen LogP contribution in [0.4, 0.5) is 15.0 Å². The molecule has 0 bridgehead atoms. The fraction of sp³-hybridized carbons (Fsp3) is 0.333. The number of pyridine rings is 1. The molecule has 2 N–H and O–H groups in total. The molecule has 0 aliphatic heterocycles. The van der Waals surface area contributed by atoms with Crippen LogP contribution in [0.3, 0.4) is 0 Å². The van der Waals surface area contributed by atoms with Crippen LogP contribution >= 0.6 is 0 Å². The molecule has 0 radical (unpaired) electrons. The molecule has 0 saturated heterocycles. The fourth-order valence-corrected chi connectivity index (χ4v) is 3.46. The molecule has 214 valence electrons. The van der Waals surface area contributed by atoms with Gasteiger partial charge < -0.3 is 14.2 Å². The minimum atomic E-state index is -0.768. The van der Waals surface area contributed by atoms with Crippen LogP contribution in [-0.4, -0.2) is 53.2 Å². The number of aromatic amines is 1. The third-order valence-electron chi connectivity index (χ3n) is 5.33. The monoisotopic (exact) mass is 564 g/mol. The number of nitrogens with one attached hydrogen (secondary N) is 2. The minimum Gasteiger partial charge on any atom is -0.444 e. The van der Waals surface area contributed by atoms with Crippen molar-refractivity contribution in [1.82, 2.24) is 35.6 Å². The summed E-state index contributed by atoms with van der Waals surface area (Å²) in [5, 5.41) is 15.8. The summed E-state index contributed by atoms with van der Waals surface area (Å²) < 4.78 is 30.9. The van der Waals surface area contributed by atoms with Gasteiger partial charge in [-0.25, -0.2) is 24.1 Å². The summed E-state index contributed by atoms with van der Waals surface area (Å²) in [6.07, 6.45) is 4.69. The van der Waals surface area contributed by atoms with E-state index in [2.05, 4.69) is 40.9 Å². The van der Waals surface area contributed by atoms with Gasteiger partial charge >= 0.3 is 12.1 Å². The Morgan fingerprint density at radius 1 is 1.02 bits per heavy atom. The number of unbranched alkanes of at least 4 members (excludes halogenated alkanes) is 2. The molecule has 3 aromatic heterocycles. The molecule has 0 fully saturated rings. The number of benzene rings is 1. The summed E-state index contributed by atoms with van der Waals surface area (Å²) in [4.78, 5) is 37.4. The number of esters is 1. The molecule has 0 aliphatic carbocycles. The first-order valence-electron chi connectivity index (χ1n) is 12.9. The number of tetrazole rings is 1. The van der Waals surface area contributed by atoms with Crippen molar-refractivity contribution in [3.05, 3.63) is 48.5 Å². The van der Waals surface area contributed by atoms with E-state index in [0.717, 1.165) is 12.8 Å². The molecule has 13 nitrogen and oxygen atoms in total. The Kier molecular flexibility index (Phi) is 9.12. The molecule has 4 aromatic rings. The average Bonchev–Trinajstić information content (AvgIpc) is 3.46. The summed E-state index contributed by atoms with van der Waals surface area (Å²) in [6, 6.07) is 7.70. The van der Waals surface area contributed by atoms with Gasteiger partial charge in [-0.05, 0) is 62.7 Å². The molecule has 0 saturated carbocycles. The van der Waals surface area contributed by atoms with Crippen LogP contribution in [-0.2, 0) is 9.53 Å². The highest BCUT2D eigenvalue weighted by Crippen LogP contribution is 2.29. The van der Waals surface area contributed by atoms with Gasteiger partial charge in [-0.1, -0.05) is 19.8 Å². The zero-order valence-electron chi connectivity index (χ0n) is 23.0. The lowest BCUT2D eigenvalue weighted by molar-refractivity contribution is -0.134. The maximum Gasteiger partial charge on any atom is 0.413 e. The SMILES string of the molecule is CCCCCC(=O)Oc1nc(-c2ccc(Oc3ncc(-c4nn[nH]n4)cc3F)cc2)cnc1NC(=O)OC(C)(C)C. The number of carbonyl (C=O) groups is 2. The molecular weight excluding hydrogens is 535 g/mol. The van der Waals surface area contributed by atoms with Crippen LogP contribution in [0, 0.1) is 5.82 Å². The quantitative estimate of drug-likeness (QED) is 0.185. The number of hydrogen-bond donors (Lipinski definition) is 2. The lowest BCUT2D eigenvalue weighted by Gasteiger charge is -2.20. The van der Waals surface area contributed by atoms with Crippen LogP contribution in [0.15, 0.2) is 42.7 Å². The first-order chi connectivity index (χ1) is 19.6. The average molecular weight is 565 g/mol. The van der Waals surface area contributed by atoms with E-state index < -0.39 is 23.5 Å². The zero-order chi connectivity index (χ0) is 29.4. The van der Waals surface area contributed by atoms with Gasteiger partial charge in [0.05, 0.1) is 11.9 Å². The van der Waals surface area contributed by atoms with Crippen molar-refractivity contribution in [3.8, 4) is 40.2 Å². The first-order valence-corrected chi connectivity index (χ1v) is 12.9. The van der Waals surface area contributed by atoms with E-state index in [1.807, 2.05) is 6.92 Å². The minimum absolute atomic E-state index is 0.0578. The molecule has 1 aromatic carbocycles. The van der Waals surface area contributed by atoms with Gasteiger partial charge in [0.15, 0.2) is 11.6 Å². The van der Waals surface area contributed by atoms with Gasteiger partial charge in [0.2, 0.25) is 5.82 Å². The summed E-state index contributed by atoms with van der Waals surface area (Å²) in [5.74, 6) is -1.15. The summed E-state index contributed by atoms with van der Waals surface area (Å²) >= 11 is 0. The van der Waals surface area contributed by atoms with E-state index in [-0.39, 0.29) is 29.8 Å². The highest BCUT2D eigenvalue weighted by Gasteiger charge is 2.21. The number of ether oxygens (including phenoxy) is 3. The van der Waals surface area contributed by atoms with E-state index in [1.54, 1.807) is 45.0 Å². The molecule has 3 heterocycles. The molecule has 0 unspecified atom stereocenters. The van der Waals surface area contributed by atoms with Crippen molar-refractivity contribution in [2.24, 2.45) is 0 Å². The number of rotatable bonds is 10. The van der Waals surface area contributed by atoms with Crippen molar-refractivity contribution in [1.29, 1.82) is 0 Å². The molecule has 4 rings (SSSR count). The number of nitrogens with zero attached hydrogens (tertiary/aromatic N) is 6. The summed E-state index contributed by atoms with van der Waals surface area (Å²) in [5.41, 5.74) is 0.547. The highest BCUT2D eigenvalue weighted by molar-refractivity contribution is 5.86. The topological polar surface area (TPSA) is 167 Å². The Labute approximate surface area is 234 Å². The van der Waals surface area contributed by atoms with Gasteiger partial charge in [-0.2, -0.15) is 5.21 Å². The highest BCUT2D eigenvalue weighted by atomic mass is 19.1. The van der Waals surface area contributed by atoms with Crippen molar-refractivity contribution in [2.75, 3.05) is 5.32 Å². The molecule has 41 heavy (non-hydrogen) atoms. The van der Waals surface area contributed by atoms with Crippen LogP contribution in [0.5, 0.6) is 17.5 Å². The second kappa shape index (κ2) is 12.9. The standard InChI is InChI=1S/C27H29FN8O5/c1-5-6-7-8-21(37)40-25-23(32-26(38)41-27(2,3)4)29-15-20(31-25)16-9-11-18(12-10-16)39-24-19(28)13-17(14-30-24)22-33-35-36-34-22/h9-15H,5-8H2,1-4H3,(H,29,32,38)(H,33,34,35,36). The molecule has 1 amide bonds. The summed E-state index contributed by atoms with van der Waals surface area (Å²) in [7, 11) is 0. The van der Waals surface area contributed by atoms with E-state index in [1.165, 1.54) is 18.5 Å². The second-order valence-electron chi connectivity index (χ2n) is 9.84. The van der Waals surface area contributed by atoms with E-state index in [4.69, 9.17) is 14.2 Å². The second-order valence-corrected chi connectivity index (χ2v) is 9.84. The number of H-pyrrole nitrogens is 1. The first kappa shape index (κ1) is 29.0. The third-order valence-corrected chi connectivity index (χ3v) is 5.33. The van der Waals surface area contributed by atoms with Crippen LogP contribution < -0.4 is 14.8 Å². The number of hydrogen-bond acceptors (Lipinski definition) is 11. The van der Waals surface area contributed by atoms with Gasteiger partial charge in [-0.3, -0.25) is 10.1 Å². The van der Waals surface area contributed by atoms with E-state index in [0.29, 0.717) is 29.0 Å². The number of carbonyl (C=O) groups excluding carboxylic acids is 2. The lowest BCUT2D eigenvalue weighted by atomic mass is 10.1. The predicted molar refractivity (Wildman–Crippen MR) is 145 cm³/mol. The molecule has 0 aliphatic rings. The van der Waals surface area contributed by atoms with Gasteiger partial charge in [0.25, 0.3) is 11.8 Å². The van der Waals surface area contributed by atoms with Gasteiger partial charge in [0, 0.05) is 23.7 Å². The third kappa shape index (κ3) is 8.24. The van der Waals surface area contributed by atoms with Crippen LogP contribution in [0.1, 0.15) is 53.4 Å². The molecule has 0 spiro atoms. The zero-order valence-corrected chi connectivity index (χ0v) is 23.0. The predicted octanol–water partition coefficient (Wildman–Crippen LogP) is 5.48. The van der Waals surface area contributed by atoms with Gasteiger partial charge in [0.1, 0.15) is 11.4 Å². The Morgan fingerprint density at radius 3 is 2.46 bits per heavy atom. The fourth-order valence-electron chi connectivity index (χ4n) is 3.46. The number of aromatic nitrogens is 7.